The maximum atomic E-state index is 13.3. The first kappa shape index (κ1) is 19.1. The molecule has 1 heterocycles. The van der Waals surface area contributed by atoms with Crippen LogP contribution in [0.1, 0.15) is 0 Å². The number of aromatic nitrogens is 3. The van der Waals surface area contributed by atoms with E-state index in [4.69, 9.17) is 17.3 Å². The molecule has 4 rings (SSSR count). The van der Waals surface area contributed by atoms with Crippen molar-refractivity contribution in [3.63, 3.8) is 0 Å². The summed E-state index contributed by atoms with van der Waals surface area (Å²) in [5, 5.41) is 8.27. The van der Waals surface area contributed by atoms with Crippen LogP contribution in [0.3, 0.4) is 0 Å². The van der Waals surface area contributed by atoms with Gasteiger partial charge in [-0.3, -0.25) is 0 Å². The summed E-state index contributed by atoms with van der Waals surface area (Å²) in [5.74, 6) is -0.535. The summed E-state index contributed by atoms with van der Waals surface area (Å²) >= 11 is 5.98. The molecule has 3 aromatic carbocycles. The summed E-state index contributed by atoms with van der Waals surface area (Å²) in [6.07, 6.45) is 0. The summed E-state index contributed by atoms with van der Waals surface area (Å²) in [6, 6.07) is 18.0. The third-order valence-electron chi connectivity index (χ3n) is 4.27. The Kier molecular flexibility index (Phi) is 4.81. The summed E-state index contributed by atoms with van der Waals surface area (Å²) in [7, 11) is -4.06. The molecule has 0 saturated carbocycles. The number of benzene rings is 3. The average Bonchev–Trinajstić information content (AvgIpc) is 3.15. The van der Waals surface area contributed by atoms with Gasteiger partial charge in [0.15, 0.2) is 0 Å². The molecule has 0 spiro atoms. The summed E-state index contributed by atoms with van der Waals surface area (Å²) in [6.45, 7) is 0. The van der Waals surface area contributed by atoms with Gasteiger partial charge in [0.1, 0.15) is 11.5 Å². The second-order valence-corrected chi connectivity index (χ2v) is 8.51. The normalized spacial score (nSPS) is 11.5. The molecule has 6 nitrogen and oxygen atoms in total. The number of sulfone groups is 1. The Morgan fingerprint density at radius 3 is 2.14 bits per heavy atom. The molecule has 0 aliphatic rings. The summed E-state index contributed by atoms with van der Waals surface area (Å²) in [4.78, 5) is -0.0848. The fourth-order valence-electron chi connectivity index (χ4n) is 2.82. The van der Waals surface area contributed by atoms with Crippen LogP contribution in [0.4, 0.5) is 10.1 Å². The van der Waals surface area contributed by atoms with E-state index in [0.29, 0.717) is 22.0 Å². The lowest BCUT2D eigenvalue weighted by atomic mass is 10.1. The predicted molar refractivity (Wildman–Crippen MR) is 108 cm³/mol. The van der Waals surface area contributed by atoms with Crippen molar-refractivity contribution in [2.24, 2.45) is 0 Å². The van der Waals surface area contributed by atoms with Gasteiger partial charge in [0.25, 0.3) is 0 Å². The lowest BCUT2D eigenvalue weighted by Gasteiger charge is -2.09. The molecule has 0 unspecified atom stereocenters. The molecule has 0 bridgehead atoms. The first-order valence-electron chi connectivity index (χ1n) is 8.44. The fraction of sp³-hybridized carbons (Fsp3) is 0. The van der Waals surface area contributed by atoms with Crippen LogP contribution >= 0.6 is 11.6 Å². The Morgan fingerprint density at radius 1 is 0.897 bits per heavy atom. The van der Waals surface area contributed by atoms with E-state index in [0.717, 1.165) is 12.1 Å². The molecule has 0 atom stereocenters. The smallest absolute Gasteiger partial charge is 0.227 e. The number of hydrogen-bond donors (Lipinski definition) is 1. The largest absolute Gasteiger partial charge is 0.399 e. The third-order valence-corrected chi connectivity index (χ3v) is 6.20. The van der Waals surface area contributed by atoms with E-state index in [9.17, 15) is 12.8 Å². The van der Waals surface area contributed by atoms with Crippen molar-refractivity contribution in [2.45, 2.75) is 9.92 Å². The van der Waals surface area contributed by atoms with Crippen LogP contribution in [0.2, 0.25) is 5.02 Å². The zero-order valence-electron chi connectivity index (χ0n) is 14.8. The van der Waals surface area contributed by atoms with Gasteiger partial charge < -0.3 is 5.73 Å². The lowest BCUT2D eigenvalue weighted by Crippen LogP contribution is -2.06. The number of nitrogen functional groups attached to an aromatic ring is 1. The number of nitrogens with two attached hydrogens (primary N) is 1. The van der Waals surface area contributed by atoms with Gasteiger partial charge in [-0.2, -0.15) is 0 Å². The molecule has 0 aliphatic heterocycles. The highest BCUT2D eigenvalue weighted by atomic mass is 35.5. The van der Waals surface area contributed by atoms with Crippen LogP contribution < -0.4 is 5.73 Å². The van der Waals surface area contributed by atoms with Crippen molar-refractivity contribution in [1.29, 1.82) is 0 Å². The Balaban J connectivity index is 1.96. The van der Waals surface area contributed by atoms with Crippen LogP contribution in [0, 0.1) is 5.82 Å². The minimum absolute atomic E-state index is 0.0848. The highest BCUT2D eigenvalue weighted by Crippen LogP contribution is 2.32. The van der Waals surface area contributed by atoms with Crippen molar-refractivity contribution in [3.8, 4) is 16.9 Å². The highest BCUT2D eigenvalue weighted by molar-refractivity contribution is 7.91. The minimum atomic E-state index is -4.06. The molecule has 2 N–H and O–H groups in total. The Labute approximate surface area is 171 Å². The second-order valence-electron chi connectivity index (χ2n) is 6.21. The van der Waals surface area contributed by atoms with Crippen LogP contribution in [0.25, 0.3) is 16.9 Å². The van der Waals surface area contributed by atoms with Crippen LogP contribution in [-0.2, 0) is 9.84 Å². The summed E-state index contributed by atoms with van der Waals surface area (Å²) in [5.41, 5.74) is 7.70. The summed E-state index contributed by atoms with van der Waals surface area (Å²) < 4.78 is 41.1. The van der Waals surface area contributed by atoms with Gasteiger partial charge >= 0.3 is 0 Å². The maximum Gasteiger partial charge on any atom is 0.227 e. The number of halogens is 2. The van der Waals surface area contributed by atoms with Crippen molar-refractivity contribution < 1.29 is 12.8 Å². The fourth-order valence-corrected chi connectivity index (χ4v) is 4.27. The lowest BCUT2D eigenvalue weighted by molar-refractivity contribution is 0.591. The second kappa shape index (κ2) is 7.31. The molecule has 146 valence electrons. The Morgan fingerprint density at radius 2 is 1.52 bits per heavy atom. The maximum absolute atomic E-state index is 13.3. The van der Waals surface area contributed by atoms with Crippen LogP contribution in [0.5, 0.6) is 0 Å². The Hall–Kier alpha value is -3.23. The molecule has 0 aliphatic carbocycles. The van der Waals surface area contributed by atoms with E-state index in [-0.39, 0.29) is 15.6 Å². The van der Waals surface area contributed by atoms with Gasteiger partial charge in [0.2, 0.25) is 14.9 Å². The van der Waals surface area contributed by atoms with Crippen molar-refractivity contribution in [1.82, 2.24) is 15.0 Å². The zero-order chi connectivity index (χ0) is 20.6. The van der Waals surface area contributed by atoms with Gasteiger partial charge in [-0.05, 0) is 60.7 Å². The van der Waals surface area contributed by atoms with E-state index < -0.39 is 15.7 Å². The molecular weight excluding hydrogens is 415 g/mol. The topological polar surface area (TPSA) is 90.9 Å². The van der Waals surface area contributed by atoms with Crippen LogP contribution in [-0.4, -0.2) is 23.4 Å². The zero-order valence-corrected chi connectivity index (χ0v) is 16.4. The van der Waals surface area contributed by atoms with Crippen molar-refractivity contribution in [3.05, 3.63) is 83.6 Å². The molecule has 4 aromatic rings. The van der Waals surface area contributed by atoms with E-state index in [2.05, 4.69) is 10.3 Å². The molecule has 0 fully saturated rings. The SMILES string of the molecule is Nc1ccc(-n2nnc(S(=O)(=O)c3ccc(F)cc3)c2-c2ccc(Cl)cc2)cc1. The monoisotopic (exact) mass is 428 g/mol. The first-order chi connectivity index (χ1) is 13.9. The molecule has 9 heteroatoms. The molecule has 0 saturated heterocycles. The van der Waals surface area contributed by atoms with Gasteiger partial charge in [-0.15, -0.1) is 5.10 Å². The van der Waals surface area contributed by atoms with Crippen molar-refractivity contribution in [2.75, 3.05) is 5.73 Å². The van der Waals surface area contributed by atoms with E-state index in [1.54, 1.807) is 48.5 Å². The Bertz CT molecular complexity index is 1270. The van der Waals surface area contributed by atoms with Gasteiger partial charge in [0, 0.05) is 16.3 Å². The highest BCUT2D eigenvalue weighted by Gasteiger charge is 2.29. The quantitative estimate of drug-likeness (QED) is 0.389. The van der Waals surface area contributed by atoms with E-state index in [1.807, 2.05) is 0 Å². The van der Waals surface area contributed by atoms with Gasteiger partial charge in [0.05, 0.1) is 10.6 Å². The average molecular weight is 429 g/mol. The third kappa shape index (κ3) is 3.59. The number of rotatable bonds is 4. The first-order valence-corrected chi connectivity index (χ1v) is 10.3. The van der Waals surface area contributed by atoms with Gasteiger partial charge in [-0.1, -0.05) is 28.9 Å². The molecule has 29 heavy (non-hydrogen) atoms. The molecule has 1 aromatic heterocycles. The van der Waals surface area contributed by atoms with Gasteiger partial charge in [-0.25, -0.2) is 17.5 Å². The molecule has 0 amide bonds. The van der Waals surface area contributed by atoms with Crippen molar-refractivity contribution >= 4 is 27.1 Å². The standard InChI is InChI=1S/C20H14ClFN4O2S/c21-14-3-1-13(2-4-14)19-20(29(27,28)18-11-5-15(22)6-12-18)24-25-26(19)17-9-7-16(23)8-10-17/h1-12H,23H2. The number of anilines is 1. The van der Waals surface area contributed by atoms with E-state index >= 15 is 0 Å². The number of nitrogens with zero attached hydrogens (tertiary/aromatic N) is 3. The van der Waals surface area contributed by atoms with Crippen LogP contribution in [0.15, 0.2) is 82.7 Å². The van der Waals surface area contributed by atoms with E-state index in [1.165, 1.54) is 16.8 Å². The number of hydrogen-bond acceptors (Lipinski definition) is 5. The molecular formula is C20H14ClFN4O2S. The predicted octanol–water partition coefficient (Wildman–Crippen LogP) is 4.14. The minimum Gasteiger partial charge on any atom is -0.399 e. The molecule has 0 radical (unpaired) electrons.